The van der Waals surface area contributed by atoms with Gasteiger partial charge in [-0.2, -0.15) is 8.42 Å². The number of hydrogen-bond acceptors (Lipinski definition) is 6. The molecular weight excluding hydrogens is 508 g/mol. The number of aromatic nitrogens is 3. The molecule has 1 N–H and O–H groups in total. The molecule has 7 nitrogen and oxygen atoms in total. The lowest BCUT2D eigenvalue weighted by Gasteiger charge is -2.12. The smallest absolute Gasteiger partial charge is 0.282 e. The van der Waals surface area contributed by atoms with Crippen molar-refractivity contribution in [2.75, 3.05) is 0 Å². The van der Waals surface area contributed by atoms with E-state index in [2.05, 4.69) is 16.5 Å². The Kier molecular flexibility index (Phi) is 6.18. The van der Waals surface area contributed by atoms with E-state index in [1.165, 1.54) is 6.07 Å². The second kappa shape index (κ2) is 9.83. The van der Waals surface area contributed by atoms with Crippen LogP contribution in [0.2, 0.25) is 0 Å². The standard InChI is InChI=1S/C31H22N4O3S/c1-20-6-8-21-4-2-16-32-28(21)19-34-26(13-7-20)24-12-15-29(39(36,37)38)25(18-24)27-14-11-23-10-9-22-5-3-17-33-30(22)31(23)35-27/h2-18H,1,19H2,(H,36,37,38)/b8-6?,13-7-,34-26?. The average Bonchev–Trinajstić information content (AvgIpc) is 2.95. The predicted octanol–water partition coefficient (Wildman–Crippen LogP) is 6.22. The minimum atomic E-state index is -4.54. The zero-order chi connectivity index (χ0) is 27.0. The summed E-state index contributed by atoms with van der Waals surface area (Å²) in [5.74, 6) is 0. The number of fused-ring (bicyclic) bond motifs is 4. The summed E-state index contributed by atoms with van der Waals surface area (Å²) < 4.78 is 34.9. The summed E-state index contributed by atoms with van der Waals surface area (Å²) in [7, 11) is -4.54. The highest BCUT2D eigenvalue weighted by Gasteiger charge is 2.20. The van der Waals surface area contributed by atoms with Crippen molar-refractivity contribution >= 4 is 43.7 Å². The summed E-state index contributed by atoms with van der Waals surface area (Å²) in [5, 5.41) is 1.79. The highest BCUT2D eigenvalue weighted by molar-refractivity contribution is 7.86. The SMILES string of the molecule is C=C1C=Cc2cccnc2CN=C(c2ccc(S(=O)(=O)O)c(-c3ccc4ccc5cccnc5c4n3)c2)/C=C\1. The number of benzene rings is 2. The third kappa shape index (κ3) is 4.90. The summed E-state index contributed by atoms with van der Waals surface area (Å²) in [5.41, 5.74) is 5.78. The molecule has 0 spiro atoms. The molecule has 0 atom stereocenters. The molecule has 5 aromatic rings. The Morgan fingerprint density at radius 3 is 2.38 bits per heavy atom. The molecule has 0 radical (unpaired) electrons. The molecule has 0 fully saturated rings. The van der Waals surface area contributed by atoms with Crippen LogP contribution in [0.1, 0.15) is 16.8 Å². The molecule has 0 bridgehead atoms. The second-order valence-electron chi connectivity index (χ2n) is 9.08. The lowest BCUT2D eigenvalue weighted by molar-refractivity contribution is 0.483. The van der Waals surface area contributed by atoms with Gasteiger partial charge in [0.2, 0.25) is 0 Å². The van der Waals surface area contributed by atoms with Gasteiger partial charge in [0, 0.05) is 34.3 Å². The van der Waals surface area contributed by atoms with Crippen LogP contribution < -0.4 is 0 Å². The maximum absolute atomic E-state index is 12.4. The number of aliphatic imine (C=N–C) groups is 1. The number of nitrogens with zero attached hydrogens (tertiary/aromatic N) is 4. The molecule has 39 heavy (non-hydrogen) atoms. The van der Waals surface area contributed by atoms with E-state index in [1.54, 1.807) is 30.6 Å². The molecular formula is C31H22N4O3S. The van der Waals surface area contributed by atoms with Crippen LogP contribution in [-0.4, -0.2) is 33.6 Å². The van der Waals surface area contributed by atoms with Crippen LogP contribution in [0.5, 0.6) is 0 Å². The largest absolute Gasteiger partial charge is 0.295 e. The van der Waals surface area contributed by atoms with E-state index in [0.717, 1.165) is 27.6 Å². The molecule has 0 saturated heterocycles. The van der Waals surface area contributed by atoms with Crippen molar-refractivity contribution in [1.82, 2.24) is 15.0 Å². The number of rotatable bonds is 3. The van der Waals surface area contributed by atoms with E-state index in [4.69, 9.17) is 9.98 Å². The third-order valence-electron chi connectivity index (χ3n) is 6.52. The fourth-order valence-corrected chi connectivity index (χ4v) is 5.24. The predicted molar refractivity (Wildman–Crippen MR) is 154 cm³/mol. The van der Waals surface area contributed by atoms with Crippen molar-refractivity contribution in [3.05, 3.63) is 126 Å². The van der Waals surface area contributed by atoms with Gasteiger partial charge in [-0.3, -0.25) is 19.5 Å². The third-order valence-corrected chi connectivity index (χ3v) is 7.43. The summed E-state index contributed by atoms with van der Waals surface area (Å²) in [6.45, 7) is 4.40. The topological polar surface area (TPSA) is 105 Å². The average molecular weight is 531 g/mol. The highest BCUT2D eigenvalue weighted by Crippen LogP contribution is 2.31. The zero-order valence-electron chi connectivity index (χ0n) is 20.7. The summed E-state index contributed by atoms with van der Waals surface area (Å²) >= 11 is 0. The van der Waals surface area contributed by atoms with Crippen molar-refractivity contribution in [3.8, 4) is 11.3 Å². The molecule has 0 amide bonds. The van der Waals surface area contributed by atoms with Gasteiger partial charge in [0.15, 0.2) is 0 Å². The van der Waals surface area contributed by atoms with Gasteiger partial charge in [0.25, 0.3) is 10.1 Å². The van der Waals surface area contributed by atoms with Crippen molar-refractivity contribution in [2.24, 2.45) is 4.99 Å². The number of pyridine rings is 3. The van der Waals surface area contributed by atoms with Gasteiger partial charge in [-0.1, -0.05) is 61.2 Å². The first-order valence-electron chi connectivity index (χ1n) is 12.2. The van der Waals surface area contributed by atoms with E-state index >= 15 is 0 Å². The van der Waals surface area contributed by atoms with Crippen LogP contribution in [0, 0.1) is 0 Å². The van der Waals surface area contributed by atoms with Crippen LogP contribution in [0.15, 0.2) is 119 Å². The van der Waals surface area contributed by atoms with E-state index in [-0.39, 0.29) is 10.5 Å². The molecule has 4 heterocycles. The van der Waals surface area contributed by atoms with Gasteiger partial charge >= 0.3 is 0 Å². The zero-order valence-corrected chi connectivity index (χ0v) is 21.5. The van der Waals surface area contributed by atoms with Crippen LogP contribution in [-0.2, 0) is 16.7 Å². The van der Waals surface area contributed by atoms with Crippen LogP contribution in [0.3, 0.4) is 0 Å². The summed E-state index contributed by atoms with van der Waals surface area (Å²) in [6.07, 6.45) is 11.0. The highest BCUT2D eigenvalue weighted by atomic mass is 32.2. The van der Waals surface area contributed by atoms with E-state index in [9.17, 15) is 13.0 Å². The van der Waals surface area contributed by atoms with Crippen molar-refractivity contribution in [2.45, 2.75) is 11.4 Å². The molecule has 8 heteroatoms. The maximum Gasteiger partial charge on any atom is 0.295 e. The Morgan fingerprint density at radius 1 is 0.795 bits per heavy atom. The van der Waals surface area contributed by atoms with Crippen LogP contribution in [0.25, 0.3) is 39.1 Å². The van der Waals surface area contributed by atoms with Crippen LogP contribution >= 0.6 is 0 Å². The Balaban J connectivity index is 1.53. The summed E-state index contributed by atoms with van der Waals surface area (Å²) in [4.78, 5) is 18.3. The minimum absolute atomic E-state index is 0.241. The Hall–Kier alpha value is -4.79. The quantitative estimate of drug-likeness (QED) is 0.219. The monoisotopic (exact) mass is 530 g/mol. The first-order chi connectivity index (χ1) is 18.9. The van der Waals surface area contributed by atoms with Crippen molar-refractivity contribution in [3.63, 3.8) is 0 Å². The first-order valence-corrected chi connectivity index (χ1v) is 13.6. The molecule has 6 rings (SSSR count). The van der Waals surface area contributed by atoms with Gasteiger partial charge in [-0.05, 0) is 47.5 Å². The van der Waals surface area contributed by atoms with Gasteiger partial charge < -0.3 is 0 Å². The van der Waals surface area contributed by atoms with E-state index < -0.39 is 10.1 Å². The van der Waals surface area contributed by atoms with E-state index in [1.807, 2.05) is 66.8 Å². The van der Waals surface area contributed by atoms with Crippen molar-refractivity contribution in [1.29, 1.82) is 0 Å². The van der Waals surface area contributed by atoms with Gasteiger partial charge in [-0.25, -0.2) is 4.98 Å². The Labute approximate surface area is 225 Å². The number of allylic oxidation sites excluding steroid dienone is 4. The van der Waals surface area contributed by atoms with Crippen molar-refractivity contribution < 1.29 is 13.0 Å². The molecule has 1 aliphatic heterocycles. The van der Waals surface area contributed by atoms with Gasteiger partial charge in [0.05, 0.1) is 34.7 Å². The molecule has 1 aliphatic rings. The lowest BCUT2D eigenvalue weighted by Crippen LogP contribution is -2.06. The molecule has 0 aliphatic carbocycles. The maximum atomic E-state index is 12.4. The summed E-state index contributed by atoms with van der Waals surface area (Å²) in [6, 6.07) is 19.8. The van der Waals surface area contributed by atoms with E-state index in [0.29, 0.717) is 34.5 Å². The first kappa shape index (κ1) is 24.5. The fraction of sp³-hybridized carbons (Fsp3) is 0.0323. The molecule has 2 aromatic carbocycles. The van der Waals surface area contributed by atoms with Crippen LogP contribution in [0.4, 0.5) is 0 Å². The Morgan fingerprint density at radius 2 is 1.54 bits per heavy atom. The Bertz CT molecular complexity index is 1990. The number of hydrogen-bond donors (Lipinski definition) is 1. The fourth-order valence-electron chi connectivity index (χ4n) is 4.56. The molecule has 0 unspecified atom stereocenters. The normalized spacial score (nSPS) is 14.7. The second-order valence-corrected chi connectivity index (χ2v) is 10.5. The minimum Gasteiger partial charge on any atom is -0.282 e. The lowest BCUT2D eigenvalue weighted by atomic mass is 10.0. The molecule has 0 saturated carbocycles. The molecule has 3 aromatic heterocycles. The molecule has 190 valence electrons. The van der Waals surface area contributed by atoms with Gasteiger partial charge in [0.1, 0.15) is 4.90 Å². The van der Waals surface area contributed by atoms with Gasteiger partial charge in [-0.15, -0.1) is 0 Å².